The van der Waals surface area contributed by atoms with Crippen molar-refractivity contribution >= 4 is 0 Å². The molecule has 1 aromatic carbocycles. The lowest BCUT2D eigenvalue weighted by Gasteiger charge is -2.21. The molecule has 0 radical (unpaired) electrons. The van der Waals surface area contributed by atoms with Crippen molar-refractivity contribution in [3.63, 3.8) is 0 Å². The molecule has 0 unspecified atom stereocenters. The molecule has 0 aliphatic carbocycles. The van der Waals surface area contributed by atoms with Crippen LogP contribution in [-0.2, 0) is 13.1 Å². The summed E-state index contributed by atoms with van der Waals surface area (Å²) in [5.74, 6) is 2.17. The van der Waals surface area contributed by atoms with Crippen molar-refractivity contribution in [1.29, 1.82) is 0 Å². The molecular weight excluding hydrogens is 318 g/mol. The van der Waals surface area contributed by atoms with E-state index in [0.29, 0.717) is 18.3 Å². The van der Waals surface area contributed by atoms with E-state index in [1.165, 1.54) is 5.56 Å². The number of aryl methyl sites for hydroxylation is 1. The molecule has 0 fully saturated rings. The van der Waals surface area contributed by atoms with E-state index in [9.17, 15) is 0 Å². The zero-order valence-electron chi connectivity index (χ0n) is 14.8. The number of benzene rings is 1. The predicted octanol–water partition coefficient (Wildman–Crippen LogP) is 2.85. The van der Waals surface area contributed by atoms with E-state index in [0.717, 1.165) is 18.8 Å². The fraction of sp³-hybridized carbons (Fsp3) is 0.389. The minimum absolute atomic E-state index is 0.0623. The van der Waals surface area contributed by atoms with E-state index in [1.54, 1.807) is 12.5 Å². The van der Waals surface area contributed by atoms with Gasteiger partial charge in [-0.1, -0.05) is 17.3 Å². The van der Waals surface area contributed by atoms with Crippen LogP contribution in [0.25, 0.3) is 0 Å². The largest absolute Gasteiger partial charge is 0.492 e. The van der Waals surface area contributed by atoms with Crippen molar-refractivity contribution in [2.45, 2.75) is 33.0 Å². The van der Waals surface area contributed by atoms with Crippen molar-refractivity contribution in [2.75, 3.05) is 13.7 Å². The van der Waals surface area contributed by atoms with E-state index >= 15 is 0 Å². The van der Waals surface area contributed by atoms with Gasteiger partial charge in [-0.05, 0) is 38.6 Å². The molecule has 0 aliphatic heterocycles. The average Bonchev–Trinajstić information content (AvgIpc) is 3.27. The Hall–Kier alpha value is -2.67. The summed E-state index contributed by atoms with van der Waals surface area (Å²) < 4.78 is 13.0. The molecule has 1 atom stereocenters. The highest BCUT2D eigenvalue weighted by Crippen LogP contribution is 2.20. The van der Waals surface area contributed by atoms with Crippen LogP contribution in [0.2, 0.25) is 0 Å². The van der Waals surface area contributed by atoms with Crippen molar-refractivity contribution < 1.29 is 9.26 Å². The first-order chi connectivity index (χ1) is 12.1. The summed E-state index contributed by atoms with van der Waals surface area (Å²) in [5, 5.41) is 3.85. The van der Waals surface area contributed by atoms with E-state index < -0.39 is 0 Å². The fourth-order valence-corrected chi connectivity index (χ4v) is 2.48. The number of nitrogens with zero attached hydrogens (tertiary/aromatic N) is 5. The quantitative estimate of drug-likeness (QED) is 0.627. The zero-order chi connectivity index (χ0) is 17.6. The second kappa shape index (κ2) is 7.94. The minimum atomic E-state index is 0.0623. The standard InChI is InChI=1S/C18H23N5O2/c1-14(18-20-15(2)21-25-18)22(3)12-16-4-6-17(7-5-16)24-11-10-23-9-8-19-13-23/h4-9,13-14H,10-12H2,1-3H3/t14-/m0/s1. The second-order valence-electron chi connectivity index (χ2n) is 6.06. The van der Waals surface area contributed by atoms with Crippen molar-refractivity contribution in [3.8, 4) is 5.75 Å². The first kappa shape index (κ1) is 17.2. The van der Waals surface area contributed by atoms with E-state index in [1.807, 2.05) is 36.9 Å². The summed E-state index contributed by atoms with van der Waals surface area (Å²) >= 11 is 0. The number of hydrogen-bond acceptors (Lipinski definition) is 6. The van der Waals surface area contributed by atoms with Gasteiger partial charge in [-0.2, -0.15) is 4.98 Å². The van der Waals surface area contributed by atoms with Crippen LogP contribution in [0.15, 0.2) is 47.5 Å². The minimum Gasteiger partial charge on any atom is -0.492 e. The summed E-state index contributed by atoms with van der Waals surface area (Å²) in [7, 11) is 2.04. The van der Waals surface area contributed by atoms with Gasteiger partial charge in [0, 0.05) is 18.9 Å². The van der Waals surface area contributed by atoms with Crippen LogP contribution in [0.3, 0.4) is 0 Å². The lowest BCUT2D eigenvalue weighted by molar-refractivity contribution is 0.202. The fourth-order valence-electron chi connectivity index (χ4n) is 2.48. The number of rotatable bonds is 8. The molecule has 7 heteroatoms. The van der Waals surface area contributed by atoms with Gasteiger partial charge in [0.2, 0.25) is 5.89 Å². The third-order valence-corrected chi connectivity index (χ3v) is 4.09. The van der Waals surface area contributed by atoms with E-state index in [2.05, 4.69) is 39.1 Å². The van der Waals surface area contributed by atoms with Crippen molar-refractivity contribution in [2.24, 2.45) is 0 Å². The van der Waals surface area contributed by atoms with Gasteiger partial charge in [-0.15, -0.1) is 0 Å². The highest BCUT2D eigenvalue weighted by Gasteiger charge is 2.17. The van der Waals surface area contributed by atoms with Crippen LogP contribution in [-0.4, -0.2) is 38.2 Å². The van der Waals surface area contributed by atoms with Crippen LogP contribution in [0.4, 0.5) is 0 Å². The third-order valence-electron chi connectivity index (χ3n) is 4.09. The summed E-state index contributed by atoms with van der Waals surface area (Å²) in [4.78, 5) is 10.5. The third kappa shape index (κ3) is 4.67. The van der Waals surface area contributed by atoms with Crippen LogP contribution in [0.1, 0.15) is 30.2 Å². The molecular formula is C18H23N5O2. The molecule has 3 aromatic rings. The molecule has 132 valence electrons. The Morgan fingerprint density at radius 1 is 1.28 bits per heavy atom. The van der Waals surface area contributed by atoms with Crippen LogP contribution in [0, 0.1) is 6.92 Å². The van der Waals surface area contributed by atoms with Gasteiger partial charge in [-0.3, -0.25) is 4.90 Å². The van der Waals surface area contributed by atoms with Gasteiger partial charge in [-0.25, -0.2) is 4.98 Å². The highest BCUT2D eigenvalue weighted by molar-refractivity contribution is 5.27. The number of ether oxygens (including phenoxy) is 1. The summed E-state index contributed by atoms with van der Waals surface area (Å²) in [6, 6.07) is 8.22. The maximum absolute atomic E-state index is 5.76. The Balaban J connectivity index is 1.49. The number of aromatic nitrogens is 4. The van der Waals surface area contributed by atoms with Gasteiger partial charge < -0.3 is 13.8 Å². The van der Waals surface area contributed by atoms with E-state index in [4.69, 9.17) is 9.26 Å². The van der Waals surface area contributed by atoms with E-state index in [-0.39, 0.29) is 6.04 Å². The van der Waals surface area contributed by atoms with Gasteiger partial charge >= 0.3 is 0 Å². The predicted molar refractivity (Wildman–Crippen MR) is 93.1 cm³/mol. The molecule has 0 saturated carbocycles. The Bertz CT molecular complexity index is 767. The molecule has 0 aliphatic rings. The second-order valence-corrected chi connectivity index (χ2v) is 6.06. The van der Waals surface area contributed by atoms with Gasteiger partial charge in [0.05, 0.1) is 18.9 Å². The maximum Gasteiger partial charge on any atom is 0.243 e. The SMILES string of the molecule is Cc1noc([C@H](C)N(C)Cc2ccc(OCCn3ccnc3)cc2)n1. The average molecular weight is 341 g/mol. The molecule has 0 bridgehead atoms. The summed E-state index contributed by atoms with van der Waals surface area (Å²) in [5.41, 5.74) is 1.20. The highest BCUT2D eigenvalue weighted by atomic mass is 16.5. The van der Waals surface area contributed by atoms with Crippen molar-refractivity contribution in [1.82, 2.24) is 24.6 Å². The number of imidazole rings is 1. The van der Waals surface area contributed by atoms with Crippen molar-refractivity contribution in [3.05, 3.63) is 60.3 Å². The lowest BCUT2D eigenvalue weighted by atomic mass is 10.2. The van der Waals surface area contributed by atoms with Crippen LogP contribution >= 0.6 is 0 Å². The molecule has 3 rings (SSSR count). The monoisotopic (exact) mass is 341 g/mol. The smallest absolute Gasteiger partial charge is 0.243 e. The Morgan fingerprint density at radius 3 is 2.72 bits per heavy atom. The molecule has 25 heavy (non-hydrogen) atoms. The molecule has 0 spiro atoms. The van der Waals surface area contributed by atoms with Crippen LogP contribution in [0.5, 0.6) is 5.75 Å². The molecule has 0 saturated heterocycles. The molecule has 0 amide bonds. The van der Waals surface area contributed by atoms with Gasteiger partial charge in [0.15, 0.2) is 5.82 Å². The molecule has 2 heterocycles. The maximum atomic E-state index is 5.76. The van der Waals surface area contributed by atoms with Gasteiger partial charge in [0.1, 0.15) is 12.4 Å². The molecule has 7 nitrogen and oxygen atoms in total. The Kier molecular flexibility index (Phi) is 5.45. The lowest BCUT2D eigenvalue weighted by Crippen LogP contribution is -2.22. The summed E-state index contributed by atoms with van der Waals surface area (Å²) in [6.07, 6.45) is 5.48. The topological polar surface area (TPSA) is 69.2 Å². The zero-order valence-corrected chi connectivity index (χ0v) is 14.8. The normalized spacial score (nSPS) is 12.5. The van der Waals surface area contributed by atoms with Crippen LogP contribution < -0.4 is 4.74 Å². The first-order valence-electron chi connectivity index (χ1n) is 8.30. The van der Waals surface area contributed by atoms with Gasteiger partial charge in [0.25, 0.3) is 0 Å². The number of hydrogen-bond donors (Lipinski definition) is 0. The Labute approximate surface area is 147 Å². The first-order valence-corrected chi connectivity index (χ1v) is 8.30. The molecule has 0 N–H and O–H groups in total. The summed E-state index contributed by atoms with van der Waals surface area (Å²) in [6.45, 7) is 6.07. The Morgan fingerprint density at radius 2 is 2.08 bits per heavy atom. The molecule has 2 aromatic heterocycles.